The van der Waals surface area contributed by atoms with Crippen LogP contribution in [0.25, 0.3) is 11.2 Å². The number of nitrogen functional groups attached to an aromatic ring is 1. The summed E-state index contributed by atoms with van der Waals surface area (Å²) in [5.74, 6) is 0.0483. The van der Waals surface area contributed by atoms with Crippen molar-refractivity contribution in [2.75, 3.05) is 5.73 Å². The normalized spacial score (nSPS) is 11.1. The van der Waals surface area contributed by atoms with Gasteiger partial charge in [0, 0.05) is 11.9 Å². The van der Waals surface area contributed by atoms with Crippen LogP contribution in [-0.4, -0.2) is 24.5 Å². The second kappa shape index (κ2) is 4.27. The third kappa shape index (κ3) is 2.10. The van der Waals surface area contributed by atoms with E-state index in [1.165, 1.54) is 0 Å². The highest BCUT2D eigenvalue weighted by atomic mass is 19.1. The summed E-state index contributed by atoms with van der Waals surface area (Å²) in [6.07, 6.45) is 2.45. The second-order valence-corrected chi connectivity index (χ2v) is 4.23. The van der Waals surface area contributed by atoms with E-state index >= 15 is 0 Å². The quantitative estimate of drug-likeness (QED) is 0.700. The van der Waals surface area contributed by atoms with E-state index in [1.807, 2.05) is 19.1 Å². The van der Waals surface area contributed by atoms with Crippen molar-refractivity contribution in [3.05, 3.63) is 42.0 Å². The van der Waals surface area contributed by atoms with Gasteiger partial charge in [-0.3, -0.25) is 4.98 Å². The SMILES string of the molecule is Cc1cc(Cn2cnc3c(N)nc(F)nc32)ccn1. The van der Waals surface area contributed by atoms with Gasteiger partial charge in [0.15, 0.2) is 11.5 Å². The molecule has 19 heavy (non-hydrogen) atoms. The standard InChI is InChI=1S/C12H11FN6/c1-7-4-8(2-3-15-7)5-19-6-16-9-10(14)17-12(13)18-11(9)19/h2-4,6H,5H2,1H3,(H2,14,17,18). The number of fused-ring (bicyclic) bond motifs is 1. The number of nitrogens with two attached hydrogens (primary N) is 1. The molecule has 2 N–H and O–H groups in total. The predicted octanol–water partition coefficient (Wildman–Crippen LogP) is 1.30. The van der Waals surface area contributed by atoms with Crippen molar-refractivity contribution < 1.29 is 4.39 Å². The maximum atomic E-state index is 13.2. The van der Waals surface area contributed by atoms with Crippen molar-refractivity contribution in [3.63, 3.8) is 0 Å². The molecule has 0 saturated carbocycles. The van der Waals surface area contributed by atoms with E-state index in [1.54, 1.807) is 17.1 Å². The second-order valence-electron chi connectivity index (χ2n) is 4.23. The van der Waals surface area contributed by atoms with Gasteiger partial charge in [-0.1, -0.05) is 0 Å². The highest BCUT2D eigenvalue weighted by molar-refractivity contribution is 5.81. The van der Waals surface area contributed by atoms with Crippen LogP contribution in [0.2, 0.25) is 0 Å². The minimum atomic E-state index is -0.849. The van der Waals surface area contributed by atoms with E-state index in [2.05, 4.69) is 19.9 Å². The summed E-state index contributed by atoms with van der Waals surface area (Å²) in [5.41, 5.74) is 8.36. The molecule has 7 heteroatoms. The Kier molecular flexibility index (Phi) is 2.59. The molecule has 96 valence electrons. The molecule has 0 unspecified atom stereocenters. The van der Waals surface area contributed by atoms with Crippen LogP contribution >= 0.6 is 0 Å². The third-order valence-electron chi connectivity index (χ3n) is 2.78. The molecule has 6 nitrogen and oxygen atoms in total. The number of aryl methyl sites for hydroxylation is 1. The number of halogens is 1. The molecule has 3 heterocycles. The minimum absolute atomic E-state index is 0.0483. The largest absolute Gasteiger partial charge is 0.382 e. The Labute approximate surface area is 108 Å². The summed E-state index contributed by atoms with van der Waals surface area (Å²) in [6.45, 7) is 2.44. The fourth-order valence-electron chi connectivity index (χ4n) is 1.95. The van der Waals surface area contributed by atoms with Crippen LogP contribution < -0.4 is 5.73 Å². The predicted molar refractivity (Wildman–Crippen MR) is 67.8 cm³/mol. The van der Waals surface area contributed by atoms with Crippen LogP contribution in [-0.2, 0) is 6.54 Å². The van der Waals surface area contributed by atoms with Gasteiger partial charge in [0.05, 0.1) is 12.9 Å². The van der Waals surface area contributed by atoms with Gasteiger partial charge in [0.1, 0.15) is 5.52 Å². The highest BCUT2D eigenvalue weighted by Gasteiger charge is 2.11. The Bertz CT molecular complexity index is 751. The number of hydrogen-bond acceptors (Lipinski definition) is 5. The molecule has 3 aromatic rings. The molecule has 3 rings (SSSR count). The summed E-state index contributed by atoms with van der Waals surface area (Å²) in [4.78, 5) is 15.4. The zero-order chi connectivity index (χ0) is 13.4. The summed E-state index contributed by atoms with van der Waals surface area (Å²) >= 11 is 0. The summed E-state index contributed by atoms with van der Waals surface area (Å²) in [7, 11) is 0. The highest BCUT2D eigenvalue weighted by Crippen LogP contribution is 2.17. The first kappa shape index (κ1) is 11.5. The molecule has 0 aliphatic heterocycles. The van der Waals surface area contributed by atoms with Crippen molar-refractivity contribution in [2.45, 2.75) is 13.5 Å². The zero-order valence-electron chi connectivity index (χ0n) is 10.2. The van der Waals surface area contributed by atoms with Crippen LogP contribution in [0.4, 0.5) is 10.2 Å². The average molecular weight is 258 g/mol. The van der Waals surface area contributed by atoms with Gasteiger partial charge in [-0.15, -0.1) is 0 Å². The summed E-state index contributed by atoms with van der Waals surface area (Å²) < 4.78 is 14.9. The van der Waals surface area contributed by atoms with Crippen LogP contribution in [0.5, 0.6) is 0 Å². The minimum Gasteiger partial charge on any atom is -0.382 e. The first-order valence-corrected chi connectivity index (χ1v) is 5.69. The number of pyridine rings is 1. The Morgan fingerprint density at radius 2 is 2.16 bits per heavy atom. The number of rotatable bonds is 2. The molecular formula is C12H11FN6. The third-order valence-corrected chi connectivity index (χ3v) is 2.78. The fourth-order valence-corrected chi connectivity index (χ4v) is 1.95. The van der Waals surface area contributed by atoms with Gasteiger partial charge in [-0.2, -0.15) is 14.4 Å². The number of nitrogens with zero attached hydrogens (tertiary/aromatic N) is 5. The van der Waals surface area contributed by atoms with Gasteiger partial charge < -0.3 is 10.3 Å². The number of hydrogen-bond donors (Lipinski definition) is 1. The lowest BCUT2D eigenvalue weighted by atomic mass is 10.2. The van der Waals surface area contributed by atoms with Gasteiger partial charge in [-0.05, 0) is 24.6 Å². The van der Waals surface area contributed by atoms with E-state index in [9.17, 15) is 4.39 Å². The number of anilines is 1. The Balaban J connectivity index is 2.06. The smallest absolute Gasteiger partial charge is 0.312 e. The van der Waals surface area contributed by atoms with Crippen molar-refractivity contribution >= 4 is 17.0 Å². The maximum absolute atomic E-state index is 13.2. The lowest BCUT2D eigenvalue weighted by Crippen LogP contribution is -2.03. The van der Waals surface area contributed by atoms with Crippen LogP contribution in [0, 0.1) is 13.0 Å². The van der Waals surface area contributed by atoms with E-state index in [0.717, 1.165) is 11.3 Å². The molecule has 0 amide bonds. The molecule has 0 aliphatic rings. The van der Waals surface area contributed by atoms with E-state index in [4.69, 9.17) is 5.73 Å². The monoisotopic (exact) mass is 258 g/mol. The number of aromatic nitrogens is 5. The van der Waals surface area contributed by atoms with Gasteiger partial charge in [-0.25, -0.2) is 4.98 Å². The first-order chi connectivity index (χ1) is 9.13. The van der Waals surface area contributed by atoms with E-state index < -0.39 is 6.08 Å². The summed E-state index contributed by atoms with van der Waals surface area (Å²) in [5, 5.41) is 0. The molecule has 0 radical (unpaired) electrons. The Morgan fingerprint density at radius 3 is 2.95 bits per heavy atom. The summed E-state index contributed by atoms with van der Waals surface area (Å²) in [6, 6.07) is 3.84. The maximum Gasteiger partial charge on any atom is 0.312 e. The van der Waals surface area contributed by atoms with Crippen LogP contribution in [0.3, 0.4) is 0 Å². The van der Waals surface area contributed by atoms with Crippen molar-refractivity contribution in [2.24, 2.45) is 0 Å². The lowest BCUT2D eigenvalue weighted by Gasteiger charge is -2.04. The Morgan fingerprint density at radius 1 is 1.32 bits per heavy atom. The molecule has 0 spiro atoms. The fraction of sp³-hybridized carbons (Fsp3) is 0.167. The molecular weight excluding hydrogens is 247 g/mol. The molecule has 0 bridgehead atoms. The lowest BCUT2D eigenvalue weighted by molar-refractivity contribution is 0.543. The van der Waals surface area contributed by atoms with Gasteiger partial charge in [0.2, 0.25) is 0 Å². The molecule has 0 aliphatic carbocycles. The molecule has 0 aromatic carbocycles. The van der Waals surface area contributed by atoms with Gasteiger partial charge in [0.25, 0.3) is 0 Å². The average Bonchev–Trinajstić information content (AvgIpc) is 2.73. The molecule has 0 saturated heterocycles. The van der Waals surface area contributed by atoms with Crippen molar-refractivity contribution in [1.29, 1.82) is 0 Å². The molecule has 0 atom stereocenters. The number of imidazole rings is 1. The van der Waals surface area contributed by atoms with Gasteiger partial charge >= 0.3 is 6.08 Å². The first-order valence-electron chi connectivity index (χ1n) is 5.69. The van der Waals surface area contributed by atoms with Crippen molar-refractivity contribution in [1.82, 2.24) is 24.5 Å². The van der Waals surface area contributed by atoms with Crippen LogP contribution in [0.1, 0.15) is 11.3 Å². The van der Waals surface area contributed by atoms with Crippen LogP contribution in [0.15, 0.2) is 24.7 Å². The molecule has 3 aromatic heterocycles. The van der Waals surface area contributed by atoms with E-state index in [0.29, 0.717) is 17.7 Å². The molecule has 0 fully saturated rings. The van der Waals surface area contributed by atoms with Crippen molar-refractivity contribution in [3.8, 4) is 0 Å². The topological polar surface area (TPSA) is 82.5 Å². The van der Waals surface area contributed by atoms with E-state index in [-0.39, 0.29) is 5.82 Å². The Hall–Kier alpha value is -2.57. The zero-order valence-corrected chi connectivity index (χ0v) is 10.2.